The third-order valence-corrected chi connectivity index (χ3v) is 4.52. The molecule has 4 nitrogen and oxygen atoms in total. The first-order valence-electron chi connectivity index (χ1n) is 6.12. The van der Waals surface area contributed by atoms with Crippen molar-refractivity contribution in [1.82, 2.24) is 9.88 Å². The Kier molecular flexibility index (Phi) is 2.96. The van der Waals surface area contributed by atoms with Gasteiger partial charge < -0.3 is 16.0 Å². The minimum atomic E-state index is 0.526. The van der Waals surface area contributed by atoms with Crippen LogP contribution in [0.2, 0.25) is 0 Å². The van der Waals surface area contributed by atoms with E-state index >= 15 is 0 Å². The maximum atomic E-state index is 5.97. The van der Waals surface area contributed by atoms with Gasteiger partial charge in [0.25, 0.3) is 0 Å². The van der Waals surface area contributed by atoms with Gasteiger partial charge in [-0.1, -0.05) is 0 Å². The second kappa shape index (κ2) is 4.46. The number of fused-ring (bicyclic) bond motifs is 3. The molecule has 4 heterocycles. The number of hydrogen-bond acceptors (Lipinski definition) is 4. The van der Waals surface area contributed by atoms with Crippen LogP contribution in [-0.4, -0.2) is 35.6 Å². The van der Waals surface area contributed by atoms with E-state index in [0.717, 1.165) is 28.3 Å². The van der Waals surface area contributed by atoms with Crippen LogP contribution in [0.25, 0.3) is 0 Å². The van der Waals surface area contributed by atoms with Crippen molar-refractivity contribution < 1.29 is 0 Å². The van der Waals surface area contributed by atoms with E-state index in [1.807, 2.05) is 0 Å². The summed E-state index contributed by atoms with van der Waals surface area (Å²) >= 11 is 3.51. The van der Waals surface area contributed by atoms with Crippen LogP contribution in [0, 0.1) is 5.92 Å². The molecule has 0 spiro atoms. The molecule has 2 bridgehead atoms. The van der Waals surface area contributed by atoms with Crippen molar-refractivity contribution in [2.24, 2.45) is 5.92 Å². The Labute approximate surface area is 110 Å². The molecular formula is C12H17BrN4. The number of rotatable bonds is 2. The number of nitrogen functional groups attached to an aromatic ring is 1. The van der Waals surface area contributed by atoms with Crippen LogP contribution in [-0.2, 0) is 0 Å². The van der Waals surface area contributed by atoms with Gasteiger partial charge in [-0.05, 0) is 47.8 Å². The number of nitrogens with one attached hydrogen (secondary N) is 1. The summed E-state index contributed by atoms with van der Waals surface area (Å²) < 4.78 is 0.953. The van der Waals surface area contributed by atoms with Crippen LogP contribution < -0.4 is 11.1 Å². The van der Waals surface area contributed by atoms with Gasteiger partial charge in [-0.2, -0.15) is 0 Å². The van der Waals surface area contributed by atoms with Crippen molar-refractivity contribution in [2.45, 2.75) is 18.9 Å². The fraction of sp³-hybridized carbons (Fsp3) is 0.583. The third-order valence-electron chi connectivity index (χ3n) is 3.91. The zero-order chi connectivity index (χ0) is 11.8. The Morgan fingerprint density at radius 1 is 1.35 bits per heavy atom. The van der Waals surface area contributed by atoms with E-state index in [2.05, 4.69) is 31.1 Å². The van der Waals surface area contributed by atoms with Crippen LogP contribution in [0.1, 0.15) is 12.8 Å². The molecule has 3 aliphatic heterocycles. The fourth-order valence-corrected chi connectivity index (χ4v) is 3.38. The van der Waals surface area contributed by atoms with Gasteiger partial charge in [0.15, 0.2) is 0 Å². The molecule has 4 rings (SSSR count). The van der Waals surface area contributed by atoms with E-state index in [-0.39, 0.29) is 0 Å². The summed E-state index contributed by atoms with van der Waals surface area (Å²) in [6.07, 6.45) is 6.11. The number of nitrogens with zero attached hydrogens (tertiary/aromatic N) is 2. The zero-order valence-electron chi connectivity index (χ0n) is 9.69. The maximum Gasteiger partial charge on any atom is 0.0752 e. The lowest BCUT2D eigenvalue weighted by Gasteiger charge is -2.45. The first-order chi connectivity index (χ1) is 8.24. The Balaban J connectivity index is 1.79. The van der Waals surface area contributed by atoms with Crippen LogP contribution in [0.4, 0.5) is 11.4 Å². The summed E-state index contributed by atoms with van der Waals surface area (Å²) in [5, 5.41) is 3.60. The normalized spacial score (nSPS) is 31.5. The number of piperidine rings is 3. The van der Waals surface area contributed by atoms with E-state index in [4.69, 9.17) is 5.73 Å². The van der Waals surface area contributed by atoms with Crippen LogP contribution in [0.5, 0.6) is 0 Å². The molecule has 0 saturated carbocycles. The molecule has 0 aliphatic carbocycles. The molecule has 1 atom stereocenters. The average Bonchev–Trinajstić information content (AvgIpc) is 2.36. The molecule has 1 aromatic heterocycles. The third kappa shape index (κ3) is 2.13. The fourth-order valence-electron chi connectivity index (χ4n) is 2.92. The largest absolute Gasteiger partial charge is 0.396 e. The Morgan fingerprint density at radius 2 is 2.12 bits per heavy atom. The van der Waals surface area contributed by atoms with Crippen molar-refractivity contribution in [1.29, 1.82) is 0 Å². The Hall–Kier alpha value is -0.810. The molecule has 5 heteroatoms. The molecule has 3 fully saturated rings. The number of aromatic nitrogens is 1. The van der Waals surface area contributed by atoms with Gasteiger partial charge in [-0.15, -0.1) is 0 Å². The predicted molar refractivity (Wildman–Crippen MR) is 72.9 cm³/mol. The van der Waals surface area contributed by atoms with E-state index in [9.17, 15) is 0 Å². The highest BCUT2D eigenvalue weighted by Gasteiger charge is 2.34. The van der Waals surface area contributed by atoms with Gasteiger partial charge >= 0.3 is 0 Å². The van der Waals surface area contributed by atoms with Gasteiger partial charge in [0.05, 0.1) is 22.0 Å². The maximum absolute atomic E-state index is 5.97. The summed E-state index contributed by atoms with van der Waals surface area (Å²) in [4.78, 5) is 6.59. The van der Waals surface area contributed by atoms with Crippen molar-refractivity contribution in [3.63, 3.8) is 0 Å². The molecule has 1 unspecified atom stereocenters. The molecule has 0 radical (unpaired) electrons. The number of nitrogens with two attached hydrogens (primary N) is 1. The van der Waals surface area contributed by atoms with Gasteiger partial charge in [0.2, 0.25) is 0 Å². The second-order valence-corrected chi connectivity index (χ2v) is 5.83. The number of hydrogen-bond donors (Lipinski definition) is 2. The molecule has 3 N–H and O–H groups in total. The quantitative estimate of drug-likeness (QED) is 0.876. The summed E-state index contributed by atoms with van der Waals surface area (Å²) in [6, 6.07) is 0.526. The SMILES string of the molecule is Nc1cncc(Br)c1NC1CN2CCC1CC2. The van der Waals surface area contributed by atoms with E-state index < -0.39 is 0 Å². The topological polar surface area (TPSA) is 54.2 Å². The molecular weight excluding hydrogens is 280 g/mol. The summed E-state index contributed by atoms with van der Waals surface area (Å²) in [7, 11) is 0. The standard InChI is InChI=1S/C12H17BrN4/c13-9-5-15-6-10(14)12(9)16-11-7-17-3-1-8(11)2-4-17/h5-6,8,11H,1-4,7,14H2,(H,15,16). The van der Waals surface area contributed by atoms with Crippen LogP contribution >= 0.6 is 15.9 Å². The minimum Gasteiger partial charge on any atom is -0.396 e. The molecule has 0 aromatic carbocycles. The van der Waals surface area contributed by atoms with Crippen molar-refractivity contribution in [3.8, 4) is 0 Å². The molecule has 0 amide bonds. The van der Waals surface area contributed by atoms with Crippen molar-refractivity contribution >= 4 is 27.3 Å². The molecule has 1 aromatic rings. The minimum absolute atomic E-state index is 0.526. The van der Waals surface area contributed by atoms with E-state index in [1.165, 1.54) is 25.9 Å². The van der Waals surface area contributed by atoms with E-state index in [1.54, 1.807) is 12.4 Å². The molecule has 3 aliphatic rings. The van der Waals surface area contributed by atoms with Gasteiger partial charge in [-0.25, -0.2) is 0 Å². The number of anilines is 2. The first kappa shape index (κ1) is 11.3. The number of pyridine rings is 1. The van der Waals surface area contributed by atoms with Gasteiger partial charge in [0, 0.05) is 18.8 Å². The second-order valence-electron chi connectivity index (χ2n) is 4.97. The van der Waals surface area contributed by atoms with E-state index in [0.29, 0.717) is 6.04 Å². The summed E-state index contributed by atoms with van der Waals surface area (Å²) in [5.74, 6) is 0.791. The number of halogens is 1. The lowest BCUT2D eigenvalue weighted by Crippen LogP contribution is -2.53. The summed E-state index contributed by atoms with van der Waals surface area (Å²) in [6.45, 7) is 3.66. The molecule has 3 saturated heterocycles. The van der Waals surface area contributed by atoms with Gasteiger partial charge in [-0.3, -0.25) is 4.98 Å². The predicted octanol–water partition coefficient (Wildman–Crippen LogP) is 1.93. The van der Waals surface area contributed by atoms with Crippen LogP contribution in [0.3, 0.4) is 0 Å². The summed E-state index contributed by atoms with van der Waals surface area (Å²) in [5.41, 5.74) is 7.69. The van der Waals surface area contributed by atoms with Crippen LogP contribution in [0.15, 0.2) is 16.9 Å². The lowest BCUT2D eigenvalue weighted by atomic mass is 9.84. The highest BCUT2D eigenvalue weighted by atomic mass is 79.9. The Bertz CT molecular complexity index is 395. The lowest BCUT2D eigenvalue weighted by molar-refractivity contribution is 0.0975. The smallest absolute Gasteiger partial charge is 0.0752 e. The Morgan fingerprint density at radius 3 is 2.71 bits per heavy atom. The van der Waals surface area contributed by atoms with Gasteiger partial charge in [0.1, 0.15) is 0 Å². The van der Waals surface area contributed by atoms with Crippen molar-refractivity contribution in [3.05, 3.63) is 16.9 Å². The average molecular weight is 297 g/mol. The highest BCUT2D eigenvalue weighted by Crippen LogP contribution is 2.33. The first-order valence-corrected chi connectivity index (χ1v) is 6.91. The molecule has 17 heavy (non-hydrogen) atoms. The highest BCUT2D eigenvalue weighted by molar-refractivity contribution is 9.10. The monoisotopic (exact) mass is 296 g/mol. The molecule has 92 valence electrons. The van der Waals surface area contributed by atoms with Crippen molar-refractivity contribution in [2.75, 3.05) is 30.7 Å². The zero-order valence-corrected chi connectivity index (χ0v) is 11.3.